The number of aromatic nitrogens is 2. The molecule has 1 aliphatic rings. The first-order chi connectivity index (χ1) is 14.0. The number of rotatable bonds is 9. The molecule has 2 aromatic rings. The Morgan fingerprint density at radius 3 is 2.72 bits per heavy atom. The summed E-state index contributed by atoms with van der Waals surface area (Å²) in [5.41, 5.74) is 3.96. The minimum Gasteiger partial charge on any atom is -0.334 e. The van der Waals surface area contributed by atoms with E-state index in [1.807, 2.05) is 35.8 Å². The molecule has 0 saturated carbocycles. The SMILES string of the molecule is CC[NH+](CC)CCn1c2c(c(SCC(=O)Nc3ccccc3C)nc1=O)CCC2. The monoisotopic (exact) mass is 415 g/mol. The fourth-order valence-corrected chi connectivity index (χ4v) is 4.72. The van der Waals surface area contributed by atoms with E-state index in [2.05, 4.69) is 24.1 Å². The van der Waals surface area contributed by atoms with Gasteiger partial charge in [-0.05, 0) is 51.7 Å². The van der Waals surface area contributed by atoms with Crippen molar-refractivity contribution in [2.75, 3.05) is 30.7 Å². The van der Waals surface area contributed by atoms with Crippen molar-refractivity contribution in [3.63, 3.8) is 0 Å². The van der Waals surface area contributed by atoms with Crippen molar-refractivity contribution >= 4 is 23.4 Å². The Bertz CT molecular complexity index is 922. The van der Waals surface area contributed by atoms with Gasteiger partial charge in [0.15, 0.2) is 0 Å². The van der Waals surface area contributed by atoms with Gasteiger partial charge in [-0.2, -0.15) is 4.98 Å². The number of nitrogens with one attached hydrogen (secondary N) is 2. The van der Waals surface area contributed by atoms with E-state index in [1.54, 1.807) is 0 Å². The van der Waals surface area contributed by atoms with E-state index >= 15 is 0 Å². The highest BCUT2D eigenvalue weighted by atomic mass is 32.2. The van der Waals surface area contributed by atoms with Gasteiger partial charge in [0.05, 0.1) is 31.9 Å². The van der Waals surface area contributed by atoms with Gasteiger partial charge in [-0.3, -0.25) is 9.36 Å². The van der Waals surface area contributed by atoms with Gasteiger partial charge in [0.2, 0.25) is 5.91 Å². The molecule has 0 fully saturated rings. The van der Waals surface area contributed by atoms with Gasteiger partial charge < -0.3 is 10.2 Å². The van der Waals surface area contributed by atoms with Crippen LogP contribution in [-0.4, -0.2) is 40.8 Å². The van der Waals surface area contributed by atoms with Crippen LogP contribution in [0.2, 0.25) is 0 Å². The molecule has 0 bridgehead atoms. The molecule has 0 saturated heterocycles. The number of hydrogen-bond donors (Lipinski definition) is 2. The summed E-state index contributed by atoms with van der Waals surface area (Å²) in [4.78, 5) is 30.9. The lowest BCUT2D eigenvalue weighted by molar-refractivity contribution is -0.897. The molecule has 6 nitrogen and oxygen atoms in total. The predicted molar refractivity (Wildman–Crippen MR) is 118 cm³/mol. The average Bonchev–Trinajstić information content (AvgIpc) is 3.20. The fraction of sp³-hybridized carbons (Fsp3) is 0.500. The number of thioether (sulfide) groups is 1. The third-order valence-corrected chi connectivity index (χ3v) is 6.67. The molecule has 3 rings (SSSR count). The summed E-state index contributed by atoms with van der Waals surface area (Å²) in [6.45, 7) is 10.1. The largest absolute Gasteiger partial charge is 0.349 e. The molecule has 1 aromatic heterocycles. The second kappa shape index (κ2) is 10.1. The number of carbonyl (C=O) groups is 1. The number of aryl methyl sites for hydroxylation is 1. The van der Waals surface area contributed by atoms with E-state index in [-0.39, 0.29) is 17.3 Å². The number of anilines is 1. The molecule has 1 aliphatic carbocycles. The number of carbonyl (C=O) groups excluding carboxylic acids is 1. The summed E-state index contributed by atoms with van der Waals surface area (Å²) >= 11 is 1.37. The molecule has 29 heavy (non-hydrogen) atoms. The van der Waals surface area contributed by atoms with Crippen molar-refractivity contribution in [2.24, 2.45) is 0 Å². The number of nitrogens with zero attached hydrogens (tertiary/aromatic N) is 2. The standard InChI is InChI=1S/C22H30N4O2S/c1-4-25(5-2)13-14-26-19-12-8-10-17(19)21(24-22(26)28)29-15-20(27)23-18-11-7-6-9-16(18)3/h6-7,9,11H,4-5,8,10,12-15H2,1-3H3,(H,23,27)/p+1. The molecule has 1 heterocycles. The third-order valence-electron chi connectivity index (χ3n) is 5.65. The van der Waals surface area contributed by atoms with Gasteiger partial charge in [-0.25, -0.2) is 4.79 Å². The zero-order valence-corrected chi connectivity index (χ0v) is 18.4. The first-order valence-corrected chi connectivity index (χ1v) is 11.5. The number of benzene rings is 1. The van der Waals surface area contributed by atoms with Crippen LogP contribution in [0.15, 0.2) is 34.1 Å². The quantitative estimate of drug-likeness (QED) is 0.483. The van der Waals surface area contributed by atoms with Crippen molar-refractivity contribution in [3.8, 4) is 0 Å². The molecule has 0 spiro atoms. The Balaban J connectivity index is 1.70. The smallest absolute Gasteiger partial charge is 0.334 e. The Hall–Kier alpha value is -2.12. The van der Waals surface area contributed by atoms with E-state index in [0.717, 1.165) is 66.4 Å². The minimum absolute atomic E-state index is 0.0767. The highest BCUT2D eigenvalue weighted by molar-refractivity contribution is 8.00. The summed E-state index contributed by atoms with van der Waals surface area (Å²) in [6, 6.07) is 7.72. The molecule has 156 valence electrons. The second-order valence-corrected chi connectivity index (χ2v) is 8.45. The van der Waals surface area contributed by atoms with Gasteiger partial charge in [0, 0.05) is 16.9 Å². The molecular weight excluding hydrogens is 384 g/mol. The number of likely N-dealkylation sites (N-methyl/N-ethyl adjacent to an activating group) is 1. The molecule has 1 aromatic carbocycles. The first-order valence-electron chi connectivity index (χ1n) is 10.5. The summed E-state index contributed by atoms with van der Waals surface area (Å²) in [5.74, 6) is 0.174. The number of para-hydroxylation sites is 1. The molecule has 7 heteroatoms. The van der Waals surface area contributed by atoms with Crippen LogP contribution in [0.3, 0.4) is 0 Å². The van der Waals surface area contributed by atoms with Crippen molar-refractivity contribution in [3.05, 3.63) is 51.6 Å². The van der Waals surface area contributed by atoms with Crippen molar-refractivity contribution in [1.29, 1.82) is 0 Å². The maximum absolute atomic E-state index is 12.7. The summed E-state index contributed by atoms with van der Waals surface area (Å²) in [7, 11) is 0. The molecule has 1 amide bonds. The number of amides is 1. The Labute approximate surface area is 176 Å². The maximum atomic E-state index is 12.7. The summed E-state index contributed by atoms with van der Waals surface area (Å²) in [6.07, 6.45) is 2.90. The van der Waals surface area contributed by atoms with E-state index in [0.29, 0.717) is 6.54 Å². The lowest BCUT2D eigenvalue weighted by atomic mass is 10.2. The molecule has 0 unspecified atom stereocenters. The second-order valence-electron chi connectivity index (χ2n) is 7.49. The predicted octanol–water partition coefficient (Wildman–Crippen LogP) is 1.70. The van der Waals surface area contributed by atoms with E-state index < -0.39 is 0 Å². The highest BCUT2D eigenvalue weighted by Crippen LogP contribution is 2.29. The van der Waals surface area contributed by atoms with E-state index in [9.17, 15) is 9.59 Å². The summed E-state index contributed by atoms with van der Waals surface area (Å²) < 4.78 is 1.87. The highest BCUT2D eigenvalue weighted by Gasteiger charge is 2.23. The number of fused-ring (bicyclic) bond motifs is 1. The Morgan fingerprint density at radius 2 is 2.00 bits per heavy atom. The lowest BCUT2D eigenvalue weighted by Gasteiger charge is -2.18. The van der Waals surface area contributed by atoms with Crippen molar-refractivity contribution in [2.45, 2.75) is 51.6 Å². The lowest BCUT2D eigenvalue weighted by Crippen LogP contribution is -3.11. The van der Waals surface area contributed by atoms with Crippen LogP contribution in [-0.2, 0) is 24.2 Å². The number of quaternary nitrogens is 1. The van der Waals surface area contributed by atoms with Crippen LogP contribution in [0.1, 0.15) is 37.1 Å². The molecule has 0 atom stereocenters. The third kappa shape index (κ3) is 5.28. The molecule has 2 N–H and O–H groups in total. The van der Waals surface area contributed by atoms with E-state index in [4.69, 9.17) is 0 Å². The normalized spacial score (nSPS) is 13.0. The zero-order valence-electron chi connectivity index (χ0n) is 17.6. The average molecular weight is 416 g/mol. The van der Waals surface area contributed by atoms with Crippen molar-refractivity contribution < 1.29 is 9.69 Å². The molecular formula is C22H31N4O2S+. The minimum atomic E-state index is -0.181. The van der Waals surface area contributed by atoms with Crippen LogP contribution in [0, 0.1) is 6.92 Å². The first kappa shape index (κ1) is 21.6. The maximum Gasteiger partial charge on any atom is 0.349 e. The Kier molecular flexibility index (Phi) is 7.50. The molecule has 0 aliphatic heterocycles. The van der Waals surface area contributed by atoms with Crippen LogP contribution >= 0.6 is 11.8 Å². The van der Waals surface area contributed by atoms with E-state index in [1.165, 1.54) is 16.7 Å². The van der Waals surface area contributed by atoms with Gasteiger partial charge in [-0.1, -0.05) is 30.0 Å². The van der Waals surface area contributed by atoms with Crippen molar-refractivity contribution in [1.82, 2.24) is 9.55 Å². The van der Waals surface area contributed by atoms with Gasteiger partial charge in [0.1, 0.15) is 5.03 Å². The summed E-state index contributed by atoms with van der Waals surface area (Å²) in [5, 5.41) is 3.68. The zero-order chi connectivity index (χ0) is 20.8. The van der Waals surface area contributed by atoms with Crippen LogP contribution in [0.4, 0.5) is 5.69 Å². The Morgan fingerprint density at radius 1 is 1.24 bits per heavy atom. The molecule has 0 radical (unpaired) electrons. The van der Waals surface area contributed by atoms with Gasteiger partial charge in [-0.15, -0.1) is 0 Å². The van der Waals surface area contributed by atoms with Gasteiger partial charge in [0.25, 0.3) is 0 Å². The van der Waals surface area contributed by atoms with Crippen LogP contribution < -0.4 is 15.9 Å². The van der Waals surface area contributed by atoms with Crippen LogP contribution in [0.5, 0.6) is 0 Å². The fourth-order valence-electron chi connectivity index (χ4n) is 3.84. The topological polar surface area (TPSA) is 68.4 Å². The van der Waals surface area contributed by atoms with Gasteiger partial charge >= 0.3 is 5.69 Å². The number of hydrogen-bond acceptors (Lipinski definition) is 4. The van der Waals surface area contributed by atoms with Crippen LogP contribution in [0.25, 0.3) is 0 Å².